The summed E-state index contributed by atoms with van der Waals surface area (Å²) in [5, 5.41) is 10.4. The molecule has 0 radical (unpaired) electrons. The van der Waals surface area contributed by atoms with E-state index in [4.69, 9.17) is 18.8 Å². The fourth-order valence-electron chi connectivity index (χ4n) is 2.58. The number of hydrogen-bond donors (Lipinski definition) is 1. The van der Waals surface area contributed by atoms with E-state index in [-0.39, 0.29) is 17.8 Å². The minimum Gasteiger partial charge on any atom is -0.493 e. The van der Waals surface area contributed by atoms with Crippen molar-refractivity contribution < 1.29 is 23.6 Å². The van der Waals surface area contributed by atoms with Crippen LogP contribution in [0.4, 0.5) is 5.82 Å². The lowest BCUT2D eigenvalue weighted by molar-refractivity contribution is 0.102. The maximum atomic E-state index is 12.5. The number of amides is 1. The molecule has 28 heavy (non-hydrogen) atoms. The molecule has 1 heterocycles. The maximum Gasteiger partial charge on any atom is 0.256 e. The number of nitrogens with zero attached hydrogens (tertiary/aromatic N) is 2. The van der Waals surface area contributed by atoms with Gasteiger partial charge in [-0.3, -0.25) is 4.79 Å². The first kappa shape index (κ1) is 19.2. The number of nitrogens with one attached hydrogen (secondary N) is 1. The number of hydrogen-bond acceptors (Lipinski definition) is 7. The van der Waals surface area contributed by atoms with Gasteiger partial charge in [-0.15, -0.1) is 0 Å². The molecule has 3 rings (SSSR count). The molecule has 0 saturated heterocycles. The second kappa shape index (κ2) is 8.43. The lowest BCUT2D eigenvalue weighted by Gasteiger charge is -2.10. The summed E-state index contributed by atoms with van der Waals surface area (Å²) < 4.78 is 20.9. The van der Waals surface area contributed by atoms with Crippen LogP contribution in [0.25, 0.3) is 11.3 Å². The van der Waals surface area contributed by atoms with E-state index in [1.165, 1.54) is 7.11 Å². The Morgan fingerprint density at radius 2 is 1.71 bits per heavy atom. The van der Waals surface area contributed by atoms with Crippen LogP contribution < -0.4 is 19.5 Å². The summed E-state index contributed by atoms with van der Waals surface area (Å²) in [4.78, 5) is 12.5. The first-order chi connectivity index (χ1) is 13.5. The Balaban J connectivity index is 1.79. The van der Waals surface area contributed by atoms with Crippen molar-refractivity contribution >= 4 is 11.7 Å². The molecule has 8 nitrogen and oxygen atoms in total. The molecule has 0 aliphatic rings. The van der Waals surface area contributed by atoms with Crippen LogP contribution in [0.15, 0.2) is 47.1 Å². The van der Waals surface area contributed by atoms with Crippen LogP contribution in [-0.4, -0.2) is 36.5 Å². The monoisotopic (exact) mass is 383 g/mol. The molecule has 0 fully saturated rings. The molecule has 8 heteroatoms. The fraction of sp³-hybridized carbons (Fsp3) is 0.250. The van der Waals surface area contributed by atoms with E-state index in [9.17, 15) is 4.79 Å². The minimum absolute atomic E-state index is 0.0601. The van der Waals surface area contributed by atoms with Gasteiger partial charge in [-0.25, -0.2) is 4.63 Å². The molecule has 0 aliphatic carbocycles. The predicted octanol–water partition coefficient (Wildman–Crippen LogP) is 3.79. The topological polar surface area (TPSA) is 95.7 Å². The largest absolute Gasteiger partial charge is 0.493 e. The highest BCUT2D eigenvalue weighted by Gasteiger charge is 2.18. The number of benzene rings is 2. The average Bonchev–Trinajstić information content (AvgIpc) is 3.15. The number of methoxy groups -OCH3 is 2. The van der Waals surface area contributed by atoms with Crippen LogP contribution in [0, 0.1) is 0 Å². The van der Waals surface area contributed by atoms with Gasteiger partial charge < -0.3 is 19.5 Å². The number of rotatable bonds is 7. The highest BCUT2D eigenvalue weighted by atomic mass is 16.6. The van der Waals surface area contributed by atoms with Crippen LogP contribution in [0.3, 0.4) is 0 Å². The molecule has 146 valence electrons. The van der Waals surface area contributed by atoms with Crippen LogP contribution in [0.2, 0.25) is 0 Å². The zero-order valence-corrected chi connectivity index (χ0v) is 16.1. The predicted molar refractivity (Wildman–Crippen MR) is 103 cm³/mol. The van der Waals surface area contributed by atoms with E-state index in [0.717, 1.165) is 0 Å². The van der Waals surface area contributed by atoms with Crippen molar-refractivity contribution in [1.29, 1.82) is 0 Å². The normalized spacial score (nSPS) is 10.6. The fourth-order valence-corrected chi connectivity index (χ4v) is 2.58. The van der Waals surface area contributed by atoms with E-state index >= 15 is 0 Å². The molecule has 1 aromatic heterocycles. The van der Waals surface area contributed by atoms with Gasteiger partial charge in [0.05, 0.1) is 20.3 Å². The van der Waals surface area contributed by atoms with Crippen molar-refractivity contribution in [2.45, 2.75) is 20.0 Å². The number of carbonyl (C=O) groups is 1. The van der Waals surface area contributed by atoms with Crippen LogP contribution >= 0.6 is 0 Å². The number of carbonyl (C=O) groups excluding carboxylic acids is 1. The summed E-state index contributed by atoms with van der Waals surface area (Å²) in [6, 6.07) is 12.1. The molecular formula is C20H21N3O5. The summed E-state index contributed by atoms with van der Waals surface area (Å²) in [6.45, 7) is 3.88. The molecule has 0 bridgehead atoms. The Morgan fingerprint density at radius 3 is 2.36 bits per heavy atom. The quantitative estimate of drug-likeness (QED) is 0.663. The highest BCUT2D eigenvalue weighted by molar-refractivity contribution is 6.05. The van der Waals surface area contributed by atoms with Gasteiger partial charge in [-0.05, 0) is 66.6 Å². The first-order valence-electron chi connectivity index (χ1n) is 8.65. The zero-order valence-electron chi connectivity index (χ0n) is 16.1. The summed E-state index contributed by atoms with van der Waals surface area (Å²) in [7, 11) is 3.09. The lowest BCUT2D eigenvalue weighted by Crippen LogP contribution is -2.13. The van der Waals surface area contributed by atoms with Gasteiger partial charge in [0, 0.05) is 11.1 Å². The van der Waals surface area contributed by atoms with Gasteiger partial charge in [-0.1, -0.05) is 0 Å². The summed E-state index contributed by atoms with van der Waals surface area (Å²) in [5.41, 5.74) is 1.50. The van der Waals surface area contributed by atoms with E-state index < -0.39 is 0 Å². The number of aromatic nitrogens is 2. The third kappa shape index (κ3) is 4.22. The summed E-state index contributed by atoms with van der Waals surface area (Å²) in [5.74, 6) is 1.67. The van der Waals surface area contributed by atoms with Gasteiger partial charge in [0.25, 0.3) is 5.91 Å². The van der Waals surface area contributed by atoms with Crippen molar-refractivity contribution in [3.8, 4) is 28.5 Å². The summed E-state index contributed by atoms with van der Waals surface area (Å²) in [6.07, 6.45) is 0.0601. The SMILES string of the molecule is COc1ccc(-c2nonc2NC(=O)c2ccc(OC(C)C)cc2)cc1OC. The Bertz CT molecular complexity index is 951. The van der Waals surface area contributed by atoms with E-state index in [2.05, 4.69) is 15.6 Å². The Labute approximate surface area is 162 Å². The lowest BCUT2D eigenvalue weighted by atomic mass is 10.1. The number of anilines is 1. The van der Waals surface area contributed by atoms with E-state index in [0.29, 0.717) is 34.1 Å². The molecule has 0 unspecified atom stereocenters. The van der Waals surface area contributed by atoms with Crippen molar-refractivity contribution in [1.82, 2.24) is 10.3 Å². The molecule has 3 aromatic rings. The molecule has 1 amide bonds. The van der Waals surface area contributed by atoms with Crippen LogP contribution in [-0.2, 0) is 0 Å². The standard InChI is InChI=1S/C20H21N3O5/c1-12(2)27-15-8-5-13(6-9-15)20(24)21-19-18(22-28-23-19)14-7-10-16(25-3)17(11-14)26-4/h5-12H,1-4H3,(H,21,23,24). The maximum absolute atomic E-state index is 12.5. The van der Waals surface area contributed by atoms with Crippen molar-refractivity contribution in [3.05, 3.63) is 48.0 Å². The van der Waals surface area contributed by atoms with Gasteiger partial charge in [0.15, 0.2) is 17.2 Å². The molecule has 2 aromatic carbocycles. The average molecular weight is 383 g/mol. The zero-order chi connectivity index (χ0) is 20.1. The molecule has 0 saturated carbocycles. The molecule has 1 N–H and O–H groups in total. The third-order valence-electron chi connectivity index (χ3n) is 3.87. The van der Waals surface area contributed by atoms with Gasteiger partial charge >= 0.3 is 0 Å². The smallest absolute Gasteiger partial charge is 0.256 e. The van der Waals surface area contributed by atoms with Gasteiger partial charge in [0.1, 0.15) is 5.75 Å². The Morgan fingerprint density at radius 1 is 1.00 bits per heavy atom. The number of ether oxygens (including phenoxy) is 3. The van der Waals surface area contributed by atoms with Gasteiger partial charge in [-0.2, -0.15) is 0 Å². The molecule has 0 aliphatic heterocycles. The first-order valence-corrected chi connectivity index (χ1v) is 8.65. The van der Waals surface area contributed by atoms with Crippen molar-refractivity contribution in [2.24, 2.45) is 0 Å². The molecular weight excluding hydrogens is 362 g/mol. The van der Waals surface area contributed by atoms with Crippen molar-refractivity contribution in [3.63, 3.8) is 0 Å². The summed E-state index contributed by atoms with van der Waals surface area (Å²) >= 11 is 0. The van der Waals surface area contributed by atoms with Crippen LogP contribution in [0.1, 0.15) is 24.2 Å². The Hall–Kier alpha value is -3.55. The van der Waals surface area contributed by atoms with Crippen molar-refractivity contribution in [2.75, 3.05) is 19.5 Å². The molecule has 0 spiro atoms. The minimum atomic E-state index is -0.339. The van der Waals surface area contributed by atoms with Gasteiger partial charge in [0.2, 0.25) is 5.82 Å². The highest BCUT2D eigenvalue weighted by Crippen LogP contribution is 2.34. The molecule has 0 atom stereocenters. The van der Waals surface area contributed by atoms with Crippen LogP contribution in [0.5, 0.6) is 17.2 Å². The third-order valence-corrected chi connectivity index (χ3v) is 3.87. The second-order valence-corrected chi connectivity index (χ2v) is 6.18. The van der Waals surface area contributed by atoms with E-state index in [1.54, 1.807) is 49.6 Å². The second-order valence-electron chi connectivity index (χ2n) is 6.18. The Kier molecular flexibility index (Phi) is 5.78. The van der Waals surface area contributed by atoms with E-state index in [1.807, 2.05) is 13.8 Å².